The number of sulfonamides is 1. The van der Waals surface area contributed by atoms with Crippen LogP contribution < -0.4 is 14.4 Å². The van der Waals surface area contributed by atoms with Crippen LogP contribution in [0.3, 0.4) is 0 Å². The predicted molar refractivity (Wildman–Crippen MR) is 158 cm³/mol. The Morgan fingerprint density at radius 1 is 0.925 bits per heavy atom. The molecule has 0 aliphatic heterocycles. The molecule has 1 N–H and O–H groups in total. The molecule has 214 valence electrons. The van der Waals surface area contributed by atoms with Gasteiger partial charge in [-0.1, -0.05) is 55.3 Å². The van der Waals surface area contributed by atoms with Gasteiger partial charge in [0.25, 0.3) is 10.0 Å². The number of aryl methyl sites for hydroxylation is 1. The van der Waals surface area contributed by atoms with Gasteiger partial charge in [0.1, 0.15) is 18.3 Å². The lowest BCUT2D eigenvalue weighted by Gasteiger charge is -2.32. The molecule has 3 aromatic carbocycles. The van der Waals surface area contributed by atoms with Crippen LogP contribution in [-0.4, -0.2) is 51.4 Å². The van der Waals surface area contributed by atoms with Gasteiger partial charge >= 0.3 is 0 Å². The van der Waals surface area contributed by atoms with Crippen molar-refractivity contribution in [1.82, 2.24) is 10.2 Å². The van der Waals surface area contributed by atoms with Crippen LogP contribution in [-0.2, 0) is 26.2 Å². The van der Waals surface area contributed by atoms with Gasteiger partial charge in [0, 0.05) is 18.1 Å². The highest BCUT2D eigenvalue weighted by molar-refractivity contribution is 7.92. The number of halogens is 1. The second-order valence-corrected chi connectivity index (χ2v) is 12.3. The summed E-state index contributed by atoms with van der Waals surface area (Å²) < 4.78 is 33.9. The number of rotatable bonds is 12. The summed E-state index contributed by atoms with van der Waals surface area (Å²) in [5.74, 6) is 0.0213. The molecule has 0 aliphatic carbocycles. The molecule has 0 spiro atoms. The maximum Gasteiger partial charge on any atom is 0.264 e. The van der Waals surface area contributed by atoms with Crippen molar-refractivity contribution in [1.29, 1.82) is 0 Å². The molecule has 1 unspecified atom stereocenters. The number of ether oxygens (including phenoxy) is 1. The van der Waals surface area contributed by atoms with E-state index in [9.17, 15) is 18.0 Å². The summed E-state index contributed by atoms with van der Waals surface area (Å²) in [6.07, 6.45) is 0. The number of anilines is 1. The van der Waals surface area contributed by atoms with Crippen LogP contribution in [0.2, 0.25) is 5.02 Å². The van der Waals surface area contributed by atoms with E-state index >= 15 is 0 Å². The minimum absolute atomic E-state index is 0.0466. The van der Waals surface area contributed by atoms with Crippen molar-refractivity contribution >= 4 is 39.1 Å². The Hall–Kier alpha value is -3.56. The number of amides is 2. The normalized spacial score (nSPS) is 12.1. The average molecular weight is 586 g/mol. The first kappa shape index (κ1) is 31.0. The van der Waals surface area contributed by atoms with Crippen LogP contribution >= 0.6 is 11.6 Å². The molecule has 0 aromatic heterocycles. The summed E-state index contributed by atoms with van der Waals surface area (Å²) in [6, 6.07) is 18.9. The molecule has 0 saturated heterocycles. The van der Waals surface area contributed by atoms with Crippen LogP contribution in [0.4, 0.5) is 5.69 Å². The molecule has 0 radical (unpaired) electrons. The summed E-state index contributed by atoms with van der Waals surface area (Å²) in [5, 5.41) is 3.30. The van der Waals surface area contributed by atoms with Gasteiger partial charge in [-0.05, 0) is 73.9 Å². The topological polar surface area (TPSA) is 96.0 Å². The van der Waals surface area contributed by atoms with Crippen molar-refractivity contribution < 1.29 is 22.7 Å². The van der Waals surface area contributed by atoms with E-state index in [4.69, 9.17) is 16.3 Å². The molecule has 0 saturated carbocycles. The quantitative estimate of drug-likeness (QED) is 0.321. The highest BCUT2D eigenvalue weighted by atomic mass is 35.5. The molecule has 8 nitrogen and oxygen atoms in total. The van der Waals surface area contributed by atoms with Gasteiger partial charge in [-0.3, -0.25) is 13.9 Å². The van der Waals surface area contributed by atoms with E-state index in [0.29, 0.717) is 17.3 Å². The summed E-state index contributed by atoms with van der Waals surface area (Å²) in [4.78, 5) is 28.4. The monoisotopic (exact) mass is 585 g/mol. The van der Waals surface area contributed by atoms with E-state index in [0.717, 1.165) is 15.4 Å². The number of nitrogens with zero attached hydrogens (tertiary/aromatic N) is 2. The summed E-state index contributed by atoms with van der Waals surface area (Å²) in [6.45, 7) is 7.48. The van der Waals surface area contributed by atoms with E-state index in [1.54, 1.807) is 74.7 Å². The molecule has 0 bridgehead atoms. The lowest BCUT2D eigenvalue weighted by atomic mass is 10.1. The fourth-order valence-corrected chi connectivity index (χ4v) is 5.48. The molecule has 1 atom stereocenters. The Balaban J connectivity index is 2.00. The number of carbonyl (C=O) groups is 2. The van der Waals surface area contributed by atoms with E-state index in [1.165, 1.54) is 17.0 Å². The number of carbonyl (C=O) groups excluding carboxylic acids is 2. The van der Waals surface area contributed by atoms with E-state index in [-0.39, 0.29) is 29.0 Å². The van der Waals surface area contributed by atoms with Crippen molar-refractivity contribution in [3.05, 3.63) is 88.9 Å². The number of benzene rings is 3. The fraction of sp³-hybridized carbons (Fsp3) is 0.333. The molecule has 40 heavy (non-hydrogen) atoms. The number of methoxy groups -OCH3 is 1. The van der Waals surface area contributed by atoms with Gasteiger partial charge in [-0.15, -0.1) is 0 Å². The zero-order valence-electron chi connectivity index (χ0n) is 23.4. The van der Waals surface area contributed by atoms with Gasteiger partial charge in [0.2, 0.25) is 11.8 Å². The highest BCUT2D eigenvalue weighted by Crippen LogP contribution is 2.26. The van der Waals surface area contributed by atoms with Crippen molar-refractivity contribution in [3.63, 3.8) is 0 Å². The predicted octanol–water partition coefficient (Wildman–Crippen LogP) is 5.04. The third kappa shape index (κ3) is 7.99. The molecule has 10 heteroatoms. The average Bonchev–Trinajstić information content (AvgIpc) is 2.93. The minimum Gasteiger partial charge on any atom is -0.497 e. The first-order chi connectivity index (χ1) is 18.9. The Morgan fingerprint density at radius 2 is 1.52 bits per heavy atom. The van der Waals surface area contributed by atoms with Crippen molar-refractivity contribution in [2.75, 3.05) is 24.5 Å². The fourth-order valence-electron chi connectivity index (χ4n) is 3.94. The zero-order chi connectivity index (χ0) is 29.4. The number of nitrogens with one attached hydrogen (secondary N) is 1. The van der Waals surface area contributed by atoms with Crippen molar-refractivity contribution in [3.8, 4) is 5.75 Å². The summed E-state index contributed by atoms with van der Waals surface area (Å²) in [5.41, 5.74) is 1.94. The molecule has 2 amide bonds. The maximum absolute atomic E-state index is 13.9. The molecule has 3 aromatic rings. The molecule has 0 fully saturated rings. The largest absolute Gasteiger partial charge is 0.497 e. The SMILES string of the molecule is COc1ccc(CN(C(=O)CN(c2ccc(Cl)cc2)S(=O)(=O)c2ccc(C)cc2)C(C)C(=O)NCC(C)C)cc1. The van der Waals surface area contributed by atoms with Gasteiger partial charge in [0.15, 0.2) is 0 Å². The zero-order valence-corrected chi connectivity index (χ0v) is 25.0. The Bertz CT molecular complexity index is 1390. The minimum atomic E-state index is -4.14. The van der Waals surface area contributed by atoms with Gasteiger partial charge < -0.3 is 15.0 Å². The van der Waals surface area contributed by atoms with E-state index in [1.807, 2.05) is 20.8 Å². The van der Waals surface area contributed by atoms with Crippen LogP contribution in [0.25, 0.3) is 0 Å². The Labute approximate surface area is 241 Å². The van der Waals surface area contributed by atoms with Gasteiger partial charge in [0.05, 0.1) is 17.7 Å². The second kappa shape index (κ2) is 13.7. The third-order valence-corrected chi connectivity index (χ3v) is 8.41. The molecule has 0 heterocycles. The summed E-state index contributed by atoms with van der Waals surface area (Å²) >= 11 is 6.06. The Morgan fingerprint density at radius 3 is 2.08 bits per heavy atom. The molecule has 3 rings (SSSR count). The van der Waals surface area contributed by atoms with Crippen molar-refractivity contribution in [2.45, 2.75) is 45.2 Å². The van der Waals surface area contributed by atoms with Crippen LogP contribution in [0.5, 0.6) is 5.75 Å². The summed E-state index contributed by atoms with van der Waals surface area (Å²) in [7, 11) is -2.57. The van der Waals surface area contributed by atoms with Crippen molar-refractivity contribution in [2.24, 2.45) is 5.92 Å². The second-order valence-electron chi connectivity index (χ2n) is 9.99. The van der Waals surface area contributed by atoms with Crippen LogP contribution in [0.15, 0.2) is 77.7 Å². The molecular weight excluding hydrogens is 550 g/mol. The van der Waals surface area contributed by atoms with Crippen LogP contribution in [0.1, 0.15) is 31.9 Å². The molecule has 0 aliphatic rings. The van der Waals surface area contributed by atoms with Crippen LogP contribution in [0, 0.1) is 12.8 Å². The first-order valence-electron chi connectivity index (χ1n) is 13.0. The third-order valence-electron chi connectivity index (χ3n) is 6.37. The Kier molecular flexibility index (Phi) is 10.6. The highest BCUT2D eigenvalue weighted by Gasteiger charge is 2.32. The standard InChI is InChI=1S/C30H36ClN3O5S/c1-21(2)18-32-30(36)23(4)33(19-24-8-14-27(39-5)15-9-24)29(35)20-34(26-12-10-25(31)11-13-26)40(37,38)28-16-6-22(3)7-17-28/h6-17,21,23H,18-20H2,1-5H3,(H,32,36). The number of hydrogen-bond donors (Lipinski definition) is 1. The number of hydrogen-bond acceptors (Lipinski definition) is 5. The smallest absolute Gasteiger partial charge is 0.264 e. The first-order valence-corrected chi connectivity index (χ1v) is 14.8. The maximum atomic E-state index is 13.9. The molecular formula is C30H36ClN3O5S. The van der Waals surface area contributed by atoms with E-state index in [2.05, 4.69) is 5.32 Å². The lowest BCUT2D eigenvalue weighted by Crippen LogP contribution is -2.51. The van der Waals surface area contributed by atoms with Gasteiger partial charge in [-0.25, -0.2) is 8.42 Å². The van der Waals surface area contributed by atoms with E-state index < -0.39 is 28.5 Å². The van der Waals surface area contributed by atoms with Gasteiger partial charge in [-0.2, -0.15) is 0 Å². The lowest BCUT2D eigenvalue weighted by molar-refractivity contribution is -0.139.